The zero-order chi connectivity index (χ0) is 17.7. The first-order valence-electron chi connectivity index (χ1n) is 7.68. The maximum absolute atomic E-state index is 11.5. The molecule has 6 nitrogen and oxygen atoms in total. The second-order valence-corrected chi connectivity index (χ2v) is 5.87. The van der Waals surface area contributed by atoms with Crippen molar-refractivity contribution < 1.29 is 14.8 Å². The van der Waals surface area contributed by atoms with E-state index in [1.165, 1.54) is 6.07 Å². The number of carboxylic acids is 1. The fraction of sp³-hybridized carbons (Fsp3) is 0.278. The number of carboxylic acid groups (broad SMARTS) is 1. The predicted molar refractivity (Wildman–Crippen MR) is 90.8 cm³/mol. The third-order valence-corrected chi connectivity index (χ3v) is 3.80. The molecule has 2 aromatic carbocycles. The standard InChI is InChI=1S/C18H20N2O4/c1-12(2)15-9-8-13(10-16(15)20(23)24)11-19-17(18(21)22)14-6-4-3-5-7-14/h3-10,12,17,19H,11H2,1-2H3,(H,21,22)/t17-/m1/s1. The second kappa shape index (κ2) is 7.70. The van der Waals surface area contributed by atoms with Crippen LogP contribution in [0.15, 0.2) is 48.5 Å². The Morgan fingerprint density at radius 3 is 2.42 bits per heavy atom. The van der Waals surface area contributed by atoms with Gasteiger partial charge in [-0.3, -0.25) is 20.2 Å². The van der Waals surface area contributed by atoms with Gasteiger partial charge in [0.1, 0.15) is 6.04 Å². The van der Waals surface area contributed by atoms with Crippen molar-refractivity contribution in [2.75, 3.05) is 0 Å². The normalized spacial score (nSPS) is 12.1. The van der Waals surface area contributed by atoms with Crippen LogP contribution in [-0.2, 0) is 11.3 Å². The van der Waals surface area contributed by atoms with E-state index in [4.69, 9.17) is 0 Å². The number of rotatable bonds is 7. The highest BCUT2D eigenvalue weighted by atomic mass is 16.6. The Morgan fingerprint density at radius 2 is 1.88 bits per heavy atom. The van der Waals surface area contributed by atoms with Crippen molar-refractivity contribution in [2.24, 2.45) is 0 Å². The van der Waals surface area contributed by atoms with Crippen molar-refractivity contribution in [3.8, 4) is 0 Å². The Hall–Kier alpha value is -2.73. The van der Waals surface area contributed by atoms with Crippen LogP contribution in [0.5, 0.6) is 0 Å². The molecule has 0 saturated carbocycles. The largest absolute Gasteiger partial charge is 0.480 e. The van der Waals surface area contributed by atoms with Gasteiger partial charge in [0.25, 0.3) is 5.69 Å². The van der Waals surface area contributed by atoms with Crippen LogP contribution in [0.1, 0.15) is 42.5 Å². The van der Waals surface area contributed by atoms with Gasteiger partial charge < -0.3 is 5.11 Å². The molecule has 2 rings (SSSR count). The van der Waals surface area contributed by atoms with Crippen LogP contribution < -0.4 is 5.32 Å². The molecule has 0 aliphatic rings. The van der Waals surface area contributed by atoms with Crippen molar-refractivity contribution in [3.63, 3.8) is 0 Å². The van der Waals surface area contributed by atoms with Gasteiger partial charge in [0.2, 0.25) is 0 Å². The third kappa shape index (κ3) is 4.17. The molecule has 2 aromatic rings. The molecule has 0 heterocycles. The Kier molecular flexibility index (Phi) is 5.65. The number of nitro groups is 1. The topological polar surface area (TPSA) is 92.5 Å². The van der Waals surface area contributed by atoms with E-state index in [2.05, 4.69) is 5.32 Å². The highest BCUT2D eigenvalue weighted by Crippen LogP contribution is 2.27. The van der Waals surface area contributed by atoms with Gasteiger partial charge in [-0.2, -0.15) is 0 Å². The van der Waals surface area contributed by atoms with E-state index in [0.29, 0.717) is 16.7 Å². The predicted octanol–water partition coefficient (Wildman–Crippen LogP) is 3.63. The van der Waals surface area contributed by atoms with Crippen molar-refractivity contribution in [2.45, 2.75) is 32.4 Å². The molecule has 0 bridgehead atoms. The second-order valence-electron chi connectivity index (χ2n) is 5.87. The minimum absolute atomic E-state index is 0.0449. The van der Waals surface area contributed by atoms with Crippen LogP contribution in [0, 0.1) is 10.1 Å². The number of nitrogens with zero attached hydrogens (tertiary/aromatic N) is 1. The summed E-state index contributed by atoms with van der Waals surface area (Å²) in [5, 5.41) is 23.6. The van der Waals surface area contributed by atoms with E-state index in [0.717, 1.165) is 0 Å². The van der Waals surface area contributed by atoms with Crippen LogP contribution in [0.3, 0.4) is 0 Å². The SMILES string of the molecule is CC(C)c1ccc(CN[C@@H](C(=O)O)c2ccccc2)cc1[N+](=O)[O-]. The number of aliphatic carboxylic acids is 1. The molecule has 0 fully saturated rings. The van der Waals surface area contributed by atoms with E-state index in [1.807, 2.05) is 19.9 Å². The van der Waals surface area contributed by atoms with E-state index in [9.17, 15) is 20.0 Å². The van der Waals surface area contributed by atoms with Crippen molar-refractivity contribution >= 4 is 11.7 Å². The molecule has 0 amide bonds. The molecule has 2 N–H and O–H groups in total. The summed E-state index contributed by atoms with van der Waals surface area (Å²) in [5.74, 6) is -0.946. The maximum atomic E-state index is 11.5. The highest BCUT2D eigenvalue weighted by molar-refractivity contribution is 5.75. The van der Waals surface area contributed by atoms with Crippen LogP contribution in [0.4, 0.5) is 5.69 Å². The molecule has 126 valence electrons. The van der Waals surface area contributed by atoms with Crippen LogP contribution in [0.25, 0.3) is 0 Å². The number of benzene rings is 2. The van der Waals surface area contributed by atoms with Crippen LogP contribution >= 0.6 is 0 Å². The summed E-state index contributed by atoms with van der Waals surface area (Å²) in [4.78, 5) is 22.3. The molecule has 0 saturated heterocycles. The first-order chi connectivity index (χ1) is 11.4. The first kappa shape index (κ1) is 17.6. The van der Waals surface area contributed by atoms with Crippen molar-refractivity contribution in [1.82, 2.24) is 5.32 Å². The Labute approximate surface area is 140 Å². The van der Waals surface area contributed by atoms with Crippen LogP contribution in [-0.4, -0.2) is 16.0 Å². The summed E-state index contributed by atoms with van der Waals surface area (Å²) < 4.78 is 0. The lowest BCUT2D eigenvalue weighted by atomic mass is 9.99. The van der Waals surface area contributed by atoms with E-state index in [-0.39, 0.29) is 18.2 Å². The van der Waals surface area contributed by atoms with E-state index < -0.39 is 16.9 Å². The summed E-state index contributed by atoms with van der Waals surface area (Å²) in [7, 11) is 0. The quantitative estimate of drug-likeness (QED) is 0.598. The minimum atomic E-state index is -0.991. The average molecular weight is 328 g/mol. The van der Waals surface area contributed by atoms with E-state index >= 15 is 0 Å². The summed E-state index contributed by atoms with van der Waals surface area (Å²) in [6.45, 7) is 4.03. The molecule has 24 heavy (non-hydrogen) atoms. The number of carbonyl (C=O) groups is 1. The number of hydrogen-bond acceptors (Lipinski definition) is 4. The Morgan fingerprint density at radius 1 is 1.21 bits per heavy atom. The Bertz CT molecular complexity index is 729. The third-order valence-electron chi connectivity index (χ3n) is 3.80. The molecular weight excluding hydrogens is 308 g/mol. The van der Waals surface area contributed by atoms with Crippen LogP contribution in [0.2, 0.25) is 0 Å². The maximum Gasteiger partial charge on any atom is 0.325 e. The smallest absolute Gasteiger partial charge is 0.325 e. The minimum Gasteiger partial charge on any atom is -0.480 e. The highest BCUT2D eigenvalue weighted by Gasteiger charge is 2.20. The van der Waals surface area contributed by atoms with Gasteiger partial charge in [0, 0.05) is 18.2 Å². The number of nitrogens with one attached hydrogen (secondary N) is 1. The van der Waals surface area contributed by atoms with Gasteiger partial charge >= 0.3 is 5.97 Å². The van der Waals surface area contributed by atoms with Gasteiger partial charge in [-0.25, -0.2) is 0 Å². The molecule has 0 radical (unpaired) electrons. The zero-order valence-electron chi connectivity index (χ0n) is 13.6. The van der Waals surface area contributed by atoms with Gasteiger partial charge in [-0.05, 0) is 17.0 Å². The average Bonchev–Trinajstić information content (AvgIpc) is 2.55. The summed E-state index contributed by atoms with van der Waals surface area (Å²) in [6.07, 6.45) is 0. The fourth-order valence-corrected chi connectivity index (χ4v) is 2.56. The molecule has 0 unspecified atom stereocenters. The monoisotopic (exact) mass is 328 g/mol. The molecular formula is C18H20N2O4. The molecule has 1 atom stereocenters. The lowest BCUT2D eigenvalue weighted by Gasteiger charge is -2.15. The van der Waals surface area contributed by atoms with Gasteiger partial charge in [0.15, 0.2) is 0 Å². The Balaban J connectivity index is 2.20. The first-order valence-corrected chi connectivity index (χ1v) is 7.68. The number of hydrogen-bond donors (Lipinski definition) is 2. The molecule has 0 aliphatic heterocycles. The van der Waals surface area contributed by atoms with E-state index in [1.54, 1.807) is 36.4 Å². The molecule has 0 aromatic heterocycles. The summed E-state index contributed by atoms with van der Waals surface area (Å²) in [6, 6.07) is 13.0. The van der Waals surface area contributed by atoms with Gasteiger partial charge in [0.05, 0.1) is 4.92 Å². The lowest BCUT2D eigenvalue weighted by molar-refractivity contribution is -0.385. The number of nitro benzene ring substituents is 1. The van der Waals surface area contributed by atoms with Crippen molar-refractivity contribution in [3.05, 3.63) is 75.3 Å². The lowest BCUT2D eigenvalue weighted by Crippen LogP contribution is -2.28. The molecule has 0 spiro atoms. The van der Waals surface area contributed by atoms with Gasteiger partial charge in [-0.1, -0.05) is 56.3 Å². The van der Waals surface area contributed by atoms with Gasteiger partial charge in [-0.15, -0.1) is 0 Å². The summed E-state index contributed by atoms with van der Waals surface area (Å²) >= 11 is 0. The molecule has 6 heteroatoms. The molecule has 0 aliphatic carbocycles. The zero-order valence-corrected chi connectivity index (χ0v) is 13.6. The fourth-order valence-electron chi connectivity index (χ4n) is 2.56. The van der Waals surface area contributed by atoms with Crippen molar-refractivity contribution in [1.29, 1.82) is 0 Å². The summed E-state index contributed by atoms with van der Waals surface area (Å²) in [5.41, 5.74) is 2.05.